The molecule has 0 bridgehead atoms. The van der Waals surface area contributed by atoms with Gasteiger partial charge in [0.05, 0.1) is 12.0 Å². The van der Waals surface area contributed by atoms with Crippen molar-refractivity contribution in [2.75, 3.05) is 6.54 Å². The normalized spacial score (nSPS) is 13.8. The van der Waals surface area contributed by atoms with Crippen LogP contribution >= 0.6 is 0 Å². The van der Waals surface area contributed by atoms with Crippen LogP contribution in [0.5, 0.6) is 0 Å². The second-order valence-corrected chi connectivity index (χ2v) is 4.44. The van der Waals surface area contributed by atoms with Gasteiger partial charge in [-0.05, 0) is 25.8 Å². The number of nitrogens with one attached hydrogen (secondary N) is 1. The molecule has 1 aromatic heterocycles. The van der Waals surface area contributed by atoms with Crippen LogP contribution in [0.1, 0.15) is 44.3 Å². The highest BCUT2D eigenvalue weighted by Crippen LogP contribution is 2.26. The highest BCUT2D eigenvalue weighted by molar-refractivity contribution is 5.04. The van der Waals surface area contributed by atoms with E-state index in [2.05, 4.69) is 10.3 Å². The van der Waals surface area contributed by atoms with Crippen molar-refractivity contribution in [1.82, 2.24) is 14.9 Å². The Bertz CT molecular complexity index is 347. The summed E-state index contributed by atoms with van der Waals surface area (Å²) in [4.78, 5) is 4.01. The number of alkyl halides is 3. The number of nitrogens with zero attached hydrogens (tertiary/aromatic N) is 2. The van der Waals surface area contributed by atoms with Gasteiger partial charge in [-0.3, -0.25) is 0 Å². The van der Waals surface area contributed by atoms with Gasteiger partial charge in [0.1, 0.15) is 0 Å². The first kappa shape index (κ1) is 15.0. The second kappa shape index (κ2) is 6.78. The van der Waals surface area contributed by atoms with Crippen LogP contribution in [0.15, 0.2) is 12.5 Å². The molecular formula is C12H20F3N3. The molecule has 0 aliphatic rings. The molecule has 1 atom stereocenters. The minimum absolute atomic E-state index is 0.0557. The number of aromatic nitrogens is 2. The van der Waals surface area contributed by atoms with Crippen LogP contribution in [0.4, 0.5) is 13.2 Å². The molecule has 1 N–H and O–H groups in total. The average Bonchev–Trinajstić information content (AvgIpc) is 2.68. The third-order valence-electron chi connectivity index (χ3n) is 2.80. The van der Waals surface area contributed by atoms with E-state index >= 15 is 0 Å². The fourth-order valence-corrected chi connectivity index (χ4v) is 1.88. The maximum atomic E-state index is 12.1. The lowest BCUT2D eigenvalue weighted by atomic mass is 10.1. The molecule has 6 heteroatoms. The van der Waals surface area contributed by atoms with E-state index in [1.807, 2.05) is 18.5 Å². The summed E-state index contributed by atoms with van der Waals surface area (Å²) in [6.45, 7) is 2.82. The van der Waals surface area contributed by atoms with Gasteiger partial charge >= 0.3 is 6.18 Å². The lowest BCUT2D eigenvalue weighted by Gasteiger charge is -2.19. The number of halogens is 3. The zero-order valence-corrected chi connectivity index (χ0v) is 10.8. The number of hydrogen-bond donors (Lipinski definition) is 1. The van der Waals surface area contributed by atoms with Crippen molar-refractivity contribution in [2.45, 2.75) is 44.8 Å². The molecule has 104 valence electrons. The summed E-state index contributed by atoms with van der Waals surface area (Å²) >= 11 is 0. The molecule has 0 radical (unpaired) electrons. The number of imidazole rings is 1. The average molecular weight is 263 g/mol. The standard InChI is InChI=1S/C12H20F3N3/c1-3-7-17-10(5-4-6-12(13,14)15)11-8-16-9-18(11)2/h8-10,17H,3-7H2,1-2H3. The first-order valence-electron chi connectivity index (χ1n) is 6.20. The van der Waals surface area contributed by atoms with Gasteiger partial charge in [0.25, 0.3) is 0 Å². The Morgan fingerprint density at radius 3 is 2.67 bits per heavy atom. The van der Waals surface area contributed by atoms with Crippen molar-refractivity contribution in [2.24, 2.45) is 7.05 Å². The summed E-state index contributed by atoms with van der Waals surface area (Å²) in [6, 6.07) is -0.0557. The van der Waals surface area contributed by atoms with E-state index in [0.29, 0.717) is 6.42 Å². The van der Waals surface area contributed by atoms with E-state index in [1.165, 1.54) is 0 Å². The summed E-state index contributed by atoms with van der Waals surface area (Å²) in [7, 11) is 1.85. The fourth-order valence-electron chi connectivity index (χ4n) is 1.88. The lowest BCUT2D eigenvalue weighted by Crippen LogP contribution is -2.24. The molecule has 0 saturated carbocycles. The van der Waals surface area contributed by atoms with Crippen LogP contribution in [0.2, 0.25) is 0 Å². The van der Waals surface area contributed by atoms with Crippen molar-refractivity contribution in [3.05, 3.63) is 18.2 Å². The predicted octanol–water partition coefficient (Wildman–Crippen LogP) is 3.19. The van der Waals surface area contributed by atoms with Crippen molar-refractivity contribution >= 4 is 0 Å². The monoisotopic (exact) mass is 263 g/mol. The van der Waals surface area contributed by atoms with Crippen LogP contribution < -0.4 is 5.32 Å². The van der Waals surface area contributed by atoms with Crippen LogP contribution in [-0.2, 0) is 7.05 Å². The highest BCUT2D eigenvalue weighted by atomic mass is 19.4. The molecule has 0 aliphatic carbocycles. The van der Waals surface area contributed by atoms with Crippen molar-refractivity contribution in [1.29, 1.82) is 0 Å². The van der Waals surface area contributed by atoms with Crippen LogP contribution in [0.3, 0.4) is 0 Å². The molecular weight excluding hydrogens is 243 g/mol. The molecule has 1 unspecified atom stereocenters. The van der Waals surface area contributed by atoms with Crippen LogP contribution in [0, 0.1) is 0 Å². The molecule has 0 aliphatic heterocycles. The highest BCUT2D eigenvalue weighted by Gasteiger charge is 2.27. The molecule has 3 nitrogen and oxygen atoms in total. The first-order valence-corrected chi connectivity index (χ1v) is 6.20. The van der Waals surface area contributed by atoms with Crippen molar-refractivity contribution in [3.63, 3.8) is 0 Å². The van der Waals surface area contributed by atoms with Crippen LogP contribution in [0.25, 0.3) is 0 Å². The topological polar surface area (TPSA) is 29.9 Å². The molecule has 0 spiro atoms. The summed E-state index contributed by atoms with van der Waals surface area (Å²) in [5.41, 5.74) is 0.936. The third kappa shape index (κ3) is 5.08. The summed E-state index contributed by atoms with van der Waals surface area (Å²) in [5.74, 6) is 0. The minimum Gasteiger partial charge on any atom is -0.336 e. The largest absolute Gasteiger partial charge is 0.389 e. The Balaban J connectivity index is 2.54. The smallest absolute Gasteiger partial charge is 0.336 e. The van der Waals surface area contributed by atoms with Gasteiger partial charge in [0, 0.05) is 25.7 Å². The van der Waals surface area contributed by atoms with E-state index in [9.17, 15) is 13.2 Å². The van der Waals surface area contributed by atoms with Gasteiger partial charge in [0.15, 0.2) is 0 Å². The Morgan fingerprint density at radius 2 is 2.17 bits per heavy atom. The molecule has 0 saturated heterocycles. The quantitative estimate of drug-likeness (QED) is 0.818. The number of rotatable bonds is 7. The Hall–Kier alpha value is -1.04. The molecule has 1 heterocycles. The third-order valence-corrected chi connectivity index (χ3v) is 2.80. The van der Waals surface area contributed by atoms with Gasteiger partial charge in [-0.25, -0.2) is 4.98 Å². The number of aryl methyl sites for hydroxylation is 1. The molecule has 0 fully saturated rings. The summed E-state index contributed by atoms with van der Waals surface area (Å²) in [5, 5.41) is 3.27. The van der Waals surface area contributed by atoms with E-state index in [4.69, 9.17) is 0 Å². The molecule has 1 aromatic rings. The van der Waals surface area contributed by atoms with Gasteiger partial charge in [0.2, 0.25) is 0 Å². The summed E-state index contributed by atoms with van der Waals surface area (Å²) in [6.07, 6.45) is 0.139. The summed E-state index contributed by atoms with van der Waals surface area (Å²) < 4.78 is 38.3. The van der Waals surface area contributed by atoms with Crippen LogP contribution in [-0.4, -0.2) is 22.3 Å². The Labute approximate surface area is 105 Å². The minimum atomic E-state index is -4.07. The zero-order chi connectivity index (χ0) is 13.6. The number of hydrogen-bond acceptors (Lipinski definition) is 2. The van der Waals surface area contributed by atoms with E-state index in [1.54, 1.807) is 12.5 Å². The maximum absolute atomic E-state index is 12.1. The SMILES string of the molecule is CCCNC(CCCC(F)(F)F)c1cncn1C. The molecule has 0 aromatic carbocycles. The van der Waals surface area contributed by atoms with E-state index < -0.39 is 12.6 Å². The lowest BCUT2D eigenvalue weighted by molar-refractivity contribution is -0.135. The van der Waals surface area contributed by atoms with Gasteiger partial charge in [-0.1, -0.05) is 6.92 Å². The molecule has 1 rings (SSSR count). The second-order valence-electron chi connectivity index (χ2n) is 4.44. The van der Waals surface area contributed by atoms with E-state index in [0.717, 1.165) is 18.7 Å². The van der Waals surface area contributed by atoms with Crippen molar-refractivity contribution < 1.29 is 13.2 Å². The Morgan fingerprint density at radius 1 is 1.44 bits per heavy atom. The van der Waals surface area contributed by atoms with E-state index in [-0.39, 0.29) is 12.5 Å². The zero-order valence-electron chi connectivity index (χ0n) is 10.8. The Kier molecular flexibility index (Phi) is 5.65. The fraction of sp³-hybridized carbons (Fsp3) is 0.750. The molecule has 18 heavy (non-hydrogen) atoms. The van der Waals surface area contributed by atoms with Gasteiger partial charge in [-0.2, -0.15) is 13.2 Å². The first-order chi connectivity index (χ1) is 8.44. The molecule has 0 amide bonds. The van der Waals surface area contributed by atoms with Gasteiger partial charge in [-0.15, -0.1) is 0 Å². The van der Waals surface area contributed by atoms with Crippen molar-refractivity contribution in [3.8, 4) is 0 Å². The van der Waals surface area contributed by atoms with Gasteiger partial charge < -0.3 is 9.88 Å². The predicted molar refractivity (Wildman–Crippen MR) is 64.1 cm³/mol. The maximum Gasteiger partial charge on any atom is 0.389 e.